The van der Waals surface area contributed by atoms with Gasteiger partial charge in [0.15, 0.2) is 6.17 Å². The van der Waals surface area contributed by atoms with Crippen molar-refractivity contribution in [3.05, 3.63) is 95.0 Å². The minimum absolute atomic E-state index is 0. The van der Waals surface area contributed by atoms with Gasteiger partial charge < -0.3 is 28.6 Å². The molecule has 6 aromatic rings. The van der Waals surface area contributed by atoms with E-state index in [1.807, 2.05) is 0 Å². The number of hydrogen-bond donors (Lipinski definition) is 1. The Balaban J connectivity index is 0.00000567. The van der Waals surface area contributed by atoms with E-state index in [4.69, 9.17) is 33.0 Å². The van der Waals surface area contributed by atoms with Crippen LogP contribution < -0.4 is 14.2 Å². The number of benzene rings is 2. The number of hydrogen-bond acceptors (Lipinski definition) is 11. The van der Waals surface area contributed by atoms with Gasteiger partial charge in [-0.3, -0.25) is 9.58 Å². The SMILES string of the molecule is C.[2H]C([2H])(Oc1ccccc1[C@@H](F)[C@H](Oc1ncnc2sc(-c3ccc(F)o3)c(-c3ccc(OCCN4CCN(C)CC4)c(Cl)c3C)c12)C(=O)O)c1ccnn1CC. The zero-order chi connectivity index (χ0) is 40.4. The number of halogens is 3. The van der Waals surface area contributed by atoms with E-state index in [0.29, 0.717) is 50.3 Å². The van der Waals surface area contributed by atoms with Gasteiger partial charge in [-0.2, -0.15) is 9.49 Å². The molecule has 0 bridgehead atoms. The minimum atomic E-state index is -2.46. The molecule has 0 saturated carbocycles. The van der Waals surface area contributed by atoms with Gasteiger partial charge in [0.05, 0.1) is 23.7 Å². The normalized spacial score (nSPS) is 15.5. The molecule has 2 aromatic carbocycles. The maximum Gasteiger partial charge on any atom is 0.348 e. The van der Waals surface area contributed by atoms with Crippen LogP contribution in [0.4, 0.5) is 8.78 Å². The summed E-state index contributed by atoms with van der Waals surface area (Å²) in [7, 11) is 2.10. The summed E-state index contributed by atoms with van der Waals surface area (Å²) in [6.45, 7) is 6.43. The molecule has 1 N–H and O–H groups in total. The van der Waals surface area contributed by atoms with Crippen LogP contribution in [0.3, 0.4) is 0 Å². The van der Waals surface area contributed by atoms with E-state index in [2.05, 4.69) is 31.9 Å². The molecule has 1 aliphatic rings. The highest BCUT2D eigenvalue weighted by molar-refractivity contribution is 7.22. The number of carboxylic acid groups (broad SMARTS) is 1. The van der Waals surface area contributed by atoms with Gasteiger partial charge in [-0.15, -0.1) is 11.3 Å². The quantitative estimate of drug-likeness (QED) is 0.108. The lowest BCUT2D eigenvalue weighted by atomic mass is 9.97. The molecule has 0 unspecified atom stereocenters. The number of para-hydroxylation sites is 1. The van der Waals surface area contributed by atoms with Crippen LogP contribution in [0.15, 0.2) is 71.5 Å². The van der Waals surface area contributed by atoms with Crippen LogP contribution in [-0.2, 0) is 17.9 Å². The van der Waals surface area contributed by atoms with Crippen molar-refractivity contribution in [1.29, 1.82) is 0 Å². The Bertz CT molecular complexity index is 2390. The number of piperazine rings is 1. The van der Waals surface area contributed by atoms with Crippen molar-refractivity contribution < 1.29 is 40.1 Å². The average Bonchev–Trinajstić information content (AvgIpc) is 3.95. The van der Waals surface area contributed by atoms with Gasteiger partial charge in [0, 0.05) is 62.7 Å². The molecule has 7 rings (SSSR count). The molecule has 5 heterocycles. The van der Waals surface area contributed by atoms with Gasteiger partial charge >= 0.3 is 5.97 Å². The molecule has 1 saturated heterocycles. The number of nitrogens with zero attached hydrogens (tertiary/aromatic N) is 6. The number of carbonyl (C=O) groups is 1. The molecular formula is C40H43ClF2N6O6S. The predicted molar refractivity (Wildman–Crippen MR) is 211 cm³/mol. The molecule has 4 aromatic heterocycles. The van der Waals surface area contributed by atoms with Crippen LogP contribution in [0, 0.1) is 12.9 Å². The summed E-state index contributed by atoms with van der Waals surface area (Å²) in [5, 5.41) is 15.0. The zero-order valence-corrected chi connectivity index (χ0v) is 31.7. The van der Waals surface area contributed by atoms with Crippen molar-refractivity contribution in [2.75, 3.05) is 46.4 Å². The van der Waals surface area contributed by atoms with Crippen molar-refractivity contribution in [2.24, 2.45) is 0 Å². The van der Waals surface area contributed by atoms with E-state index in [0.717, 1.165) is 56.5 Å². The molecule has 296 valence electrons. The summed E-state index contributed by atoms with van der Waals surface area (Å²) in [4.78, 5) is 26.8. The smallest absolute Gasteiger partial charge is 0.348 e. The highest BCUT2D eigenvalue weighted by Gasteiger charge is 2.36. The Morgan fingerprint density at radius 1 is 1.09 bits per heavy atom. The van der Waals surface area contributed by atoms with Crippen LogP contribution in [0.25, 0.3) is 32.0 Å². The first-order chi connectivity index (χ1) is 27.4. The number of fused-ring (bicyclic) bond motifs is 1. The van der Waals surface area contributed by atoms with Crippen LogP contribution >= 0.6 is 22.9 Å². The fourth-order valence-electron chi connectivity index (χ4n) is 6.36. The van der Waals surface area contributed by atoms with Gasteiger partial charge in [-0.05, 0) is 56.3 Å². The third-order valence-electron chi connectivity index (χ3n) is 9.38. The molecule has 12 nitrogen and oxygen atoms in total. The molecule has 0 spiro atoms. The highest BCUT2D eigenvalue weighted by Crippen LogP contribution is 2.50. The van der Waals surface area contributed by atoms with E-state index in [1.54, 1.807) is 26.0 Å². The zero-order valence-electron chi connectivity index (χ0n) is 32.2. The monoisotopic (exact) mass is 810 g/mol. The fraction of sp³-hybridized carbons (Fsp3) is 0.350. The van der Waals surface area contributed by atoms with E-state index in [-0.39, 0.29) is 41.5 Å². The first-order valence-corrected chi connectivity index (χ1v) is 18.8. The topological polar surface area (TPSA) is 128 Å². The minimum Gasteiger partial charge on any atom is -0.491 e. The molecule has 1 aliphatic heterocycles. The molecule has 0 amide bonds. The van der Waals surface area contributed by atoms with Gasteiger partial charge in [-0.25, -0.2) is 19.2 Å². The van der Waals surface area contributed by atoms with Crippen molar-refractivity contribution in [2.45, 2.75) is 46.7 Å². The lowest BCUT2D eigenvalue weighted by Crippen LogP contribution is -2.45. The van der Waals surface area contributed by atoms with Gasteiger partial charge in [0.25, 0.3) is 6.01 Å². The summed E-state index contributed by atoms with van der Waals surface area (Å²) >= 11 is 8.05. The summed E-state index contributed by atoms with van der Waals surface area (Å²) in [6, 6.07) is 12.3. The Morgan fingerprint density at radius 3 is 2.61 bits per heavy atom. The summed E-state index contributed by atoms with van der Waals surface area (Å²) < 4.78 is 72.9. The molecule has 56 heavy (non-hydrogen) atoms. The van der Waals surface area contributed by atoms with Crippen LogP contribution in [-0.4, -0.2) is 93.1 Å². The van der Waals surface area contributed by atoms with E-state index >= 15 is 4.39 Å². The lowest BCUT2D eigenvalue weighted by molar-refractivity contribution is -0.148. The number of rotatable bonds is 15. The largest absolute Gasteiger partial charge is 0.491 e. The van der Waals surface area contributed by atoms with Crippen molar-refractivity contribution in [3.8, 4) is 39.1 Å². The first-order valence-electron chi connectivity index (χ1n) is 18.6. The second-order valence-corrected chi connectivity index (χ2v) is 14.2. The molecule has 16 heteroatoms. The third-order valence-corrected chi connectivity index (χ3v) is 11.0. The van der Waals surface area contributed by atoms with Gasteiger partial charge in [0.2, 0.25) is 12.0 Å². The molecule has 0 aliphatic carbocycles. The number of likely N-dealkylation sites (N-methyl/N-ethyl adjacent to an activating group) is 1. The molecular weight excluding hydrogens is 766 g/mol. The fourth-order valence-corrected chi connectivity index (χ4v) is 7.69. The van der Waals surface area contributed by atoms with Crippen LogP contribution in [0.1, 0.15) is 40.1 Å². The molecule has 2 atom stereocenters. The second kappa shape index (κ2) is 17.8. The summed E-state index contributed by atoms with van der Waals surface area (Å²) in [5.74, 6) is -1.57. The third kappa shape index (κ3) is 8.50. The van der Waals surface area contributed by atoms with Crippen LogP contribution in [0.2, 0.25) is 5.02 Å². The standard InChI is InChI=1S/C39H39ClF2N6O6S.CH4/c1-4-48-24(13-14-45-48)21-52-27-8-6-5-7-26(27)34(42)35(39(49)50)54-37-32-31(36(29-11-12-30(41)53-29)55-38(32)44-22-43-37)25-9-10-28(33(40)23(25)2)51-20-19-47-17-15-46(3)16-18-47;/h5-14,22,34-35H,4,15-21H2,1-3H3,(H,49,50);1H4/t34-,35+;/m1./s1/i21D2;. The van der Waals surface area contributed by atoms with E-state index in [1.165, 1.54) is 47.3 Å². The number of thiophene rings is 1. The number of aromatic nitrogens is 4. The van der Waals surface area contributed by atoms with Crippen molar-refractivity contribution in [1.82, 2.24) is 29.5 Å². The van der Waals surface area contributed by atoms with Crippen LogP contribution in [0.5, 0.6) is 17.4 Å². The maximum atomic E-state index is 16.7. The second-order valence-electron chi connectivity index (χ2n) is 12.9. The van der Waals surface area contributed by atoms with Crippen molar-refractivity contribution >= 4 is 39.1 Å². The van der Waals surface area contributed by atoms with E-state index < -0.39 is 30.8 Å². The molecule has 1 fully saturated rings. The number of aryl methyl sites for hydroxylation is 1. The Morgan fingerprint density at radius 2 is 1.88 bits per heavy atom. The Kier molecular flexibility index (Phi) is 12.0. The maximum absolute atomic E-state index is 16.7. The number of ether oxygens (including phenoxy) is 3. The average molecular weight is 811 g/mol. The molecule has 0 radical (unpaired) electrons. The Labute approximate surface area is 335 Å². The van der Waals surface area contributed by atoms with Gasteiger partial charge in [-0.1, -0.05) is 43.3 Å². The number of alkyl halides is 1. The van der Waals surface area contributed by atoms with Crippen molar-refractivity contribution in [3.63, 3.8) is 0 Å². The number of carboxylic acids is 1. The summed E-state index contributed by atoms with van der Waals surface area (Å²) in [6.07, 6.45) is -2.01. The predicted octanol–water partition coefficient (Wildman–Crippen LogP) is 8.32. The van der Waals surface area contributed by atoms with E-state index in [9.17, 15) is 14.3 Å². The summed E-state index contributed by atoms with van der Waals surface area (Å²) in [5.41, 5.74) is 1.33. The van der Waals surface area contributed by atoms with Gasteiger partial charge in [0.1, 0.15) is 41.6 Å². The highest BCUT2D eigenvalue weighted by atomic mass is 35.5. The number of aliphatic carboxylic acids is 1. The number of furan rings is 1. The first kappa shape index (κ1) is 37.8. The Hall–Kier alpha value is -5.09. The lowest BCUT2D eigenvalue weighted by Gasteiger charge is -2.32.